The van der Waals surface area contributed by atoms with Gasteiger partial charge in [0.2, 0.25) is 6.29 Å². The zero-order valence-corrected chi connectivity index (χ0v) is 21.1. The van der Waals surface area contributed by atoms with Gasteiger partial charge in [-0.25, -0.2) is 13.2 Å². The zero-order chi connectivity index (χ0) is 28.0. The lowest BCUT2D eigenvalue weighted by Gasteiger charge is -2.26. The minimum absolute atomic E-state index is 0.182. The van der Waals surface area contributed by atoms with Crippen molar-refractivity contribution in [2.45, 2.75) is 51.5 Å². The maximum Gasteiger partial charge on any atom is 0.458 e. The lowest BCUT2D eigenvalue weighted by atomic mass is 10.0. The summed E-state index contributed by atoms with van der Waals surface area (Å²) in [7, 11) is 0. The maximum atomic E-state index is 14.8. The Kier molecular flexibility index (Phi) is 9.16. The molecule has 3 aromatic rings. The lowest BCUT2D eigenvalue weighted by molar-refractivity contribution is -0.170. The summed E-state index contributed by atoms with van der Waals surface area (Å²) in [4.78, 5) is 4.25. The fraction of sp³-hybridized carbons (Fsp3) is 0.367. The molecule has 0 radical (unpaired) electrons. The van der Waals surface area contributed by atoms with Crippen LogP contribution in [0.1, 0.15) is 50.2 Å². The van der Waals surface area contributed by atoms with E-state index in [0.29, 0.717) is 30.4 Å². The minimum atomic E-state index is -4.95. The molecule has 1 saturated heterocycles. The molecule has 0 bridgehead atoms. The molecule has 1 fully saturated rings. The van der Waals surface area contributed by atoms with Crippen molar-refractivity contribution >= 4 is 10.8 Å². The van der Waals surface area contributed by atoms with Gasteiger partial charge in [-0.1, -0.05) is 44.4 Å². The zero-order valence-electron chi connectivity index (χ0n) is 21.1. The Hall–Kier alpha value is -3.53. The van der Waals surface area contributed by atoms with Crippen molar-refractivity contribution in [1.29, 1.82) is 0 Å². The summed E-state index contributed by atoms with van der Waals surface area (Å²) in [6.07, 6.45) is 1.72. The topological polar surface area (TPSA) is 31.4 Å². The number of hydrogen-bond acceptors (Lipinski definition) is 3. The molecule has 0 aliphatic carbocycles. The predicted octanol–water partition coefficient (Wildman–Crippen LogP) is 7.54. The molecule has 0 saturated carbocycles. The highest BCUT2D eigenvalue weighted by molar-refractivity contribution is 5.89. The van der Waals surface area contributed by atoms with Gasteiger partial charge in [-0.05, 0) is 48.1 Å². The molecule has 9 heteroatoms. The van der Waals surface area contributed by atoms with Crippen LogP contribution in [0, 0.1) is 47.1 Å². The average Bonchev–Trinajstić information content (AvgIpc) is 2.89. The molecule has 2 aromatic carbocycles. The Morgan fingerprint density at radius 2 is 1.72 bits per heavy atom. The monoisotopic (exact) mass is 545 g/mol. The van der Waals surface area contributed by atoms with E-state index in [4.69, 9.17) is 9.47 Å². The third-order valence-corrected chi connectivity index (χ3v) is 6.24. The minimum Gasteiger partial charge on any atom is -0.342 e. The molecule has 204 valence electrons. The van der Waals surface area contributed by atoms with Gasteiger partial charge >= 0.3 is 6.18 Å². The van der Waals surface area contributed by atoms with Crippen molar-refractivity contribution < 1.29 is 35.8 Å². The molecule has 0 unspecified atom stereocenters. The van der Waals surface area contributed by atoms with Crippen LogP contribution in [0.4, 0.5) is 26.3 Å². The van der Waals surface area contributed by atoms with Crippen LogP contribution < -0.4 is 0 Å². The fourth-order valence-corrected chi connectivity index (χ4v) is 4.24. The first-order valence-electron chi connectivity index (χ1n) is 12.6. The van der Waals surface area contributed by atoms with E-state index in [2.05, 4.69) is 23.7 Å². The Morgan fingerprint density at radius 1 is 0.949 bits per heavy atom. The Bertz CT molecular complexity index is 1440. The van der Waals surface area contributed by atoms with Crippen LogP contribution in [-0.4, -0.2) is 30.7 Å². The highest BCUT2D eigenvalue weighted by Gasteiger charge is 2.24. The first-order valence-corrected chi connectivity index (χ1v) is 12.6. The number of hydrogen-bond donors (Lipinski definition) is 0. The molecule has 2 heterocycles. The summed E-state index contributed by atoms with van der Waals surface area (Å²) < 4.78 is 92.3. The first-order chi connectivity index (χ1) is 18.6. The summed E-state index contributed by atoms with van der Waals surface area (Å²) in [6, 6.07) is 6.22. The second kappa shape index (κ2) is 12.5. The van der Waals surface area contributed by atoms with Crippen molar-refractivity contribution in [3.05, 3.63) is 65.1 Å². The molecular weight excluding hydrogens is 520 g/mol. The van der Waals surface area contributed by atoms with Crippen LogP contribution in [0.3, 0.4) is 0 Å². The molecule has 1 aliphatic rings. The summed E-state index contributed by atoms with van der Waals surface area (Å²) in [5, 5.41) is -0.844. The first kappa shape index (κ1) is 28.5. The lowest BCUT2D eigenvalue weighted by Crippen LogP contribution is -2.31. The van der Waals surface area contributed by atoms with Gasteiger partial charge in [-0.15, -0.1) is 0 Å². The molecule has 1 aliphatic heterocycles. The number of rotatable bonds is 6. The Labute approximate surface area is 222 Å². The van der Waals surface area contributed by atoms with Gasteiger partial charge in [0.25, 0.3) is 0 Å². The summed E-state index contributed by atoms with van der Waals surface area (Å²) in [5.41, 5.74) is -0.0737. The van der Waals surface area contributed by atoms with E-state index in [9.17, 15) is 26.3 Å². The summed E-state index contributed by atoms with van der Waals surface area (Å²) in [5.74, 6) is 4.48. The van der Waals surface area contributed by atoms with E-state index >= 15 is 0 Å². The van der Waals surface area contributed by atoms with E-state index in [1.165, 1.54) is 37.4 Å². The number of fused-ring (bicyclic) bond motifs is 1. The summed E-state index contributed by atoms with van der Waals surface area (Å²) >= 11 is 0. The quantitative estimate of drug-likeness (QED) is 0.182. The molecule has 4 rings (SSSR count). The normalized spacial score (nSPS) is 17.3. The average molecular weight is 546 g/mol. The highest BCUT2D eigenvalue weighted by Crippen LogP contribution is 2.31. The van der Waals surface area contributed by atoms with Crippen LogP contribution in [0.5, 0.6) is 0 Å². The Morgan fingerprint density at radius 3 is 2.38 bits per heavy atom. The van der Waals surface area contributed by atoms with Gasteiger partial charge < -0.3 is 9.47 Å². The van der Waals surface area contributed by atoms with Gasteiger partial charge in [0.1, 0.15) is 11.6 Å². The van der Waals surface area contributed by atoms with Crippen LogP contribution >= 0.6 is 0 Å². The van der Waals surface area contributed by atoms with E-state index in [1.54, 1.807) is 12.1 Å². The molecule has 1 aromatic heterocycles. The number of nitrogens with zero attached hydrogens (tertiary/aromatic N) is 1. The second-order valence-corrected chi connectivity index (χ2v) is 9.27. The van der Waals surface area contributed by atoms with Crippen LogP contribution in [-0.2, 0) is 9.47 Å². The van der Waals surface area contributed by atoms with Crippen LogP contribution in [0.15, 0.2) is 36.5 Å². The van der Waals surface area contributed by atoms with Crippen molar-refractivity contribution in [2.75, 3.05) is 13.2 Å². The number of benzene rings is 2. The SMILES string of the molecule is CCCCCCC1COC(C#Cc2ccc(-c3cc(F)c4c(F)c(C#CC(F)(F)F)c(F)cc4c3)nc2)OC1. The number of alkyl halides is 3. The smallest absolute Gasteiger partial charge is 0.342 e. The van der Waals surface area contributed by atoms with Crippen molar-refractivity contribution in [3.63, 3.8) is 0 Å². The molecule has 39 heavy (non-hydrogen) atoms. The van der Waals surface area contributed by atoms with Crippen LogP contribution in [0.25, 0.3) is 22.0 Å². The highest BCUT2D eigenvalue weighted by atomic mass is 19.4. The van der Waals surface area contributed by atoms with E-state index < -0.39 is 40.9 Å². The molecule has 3 nitrogen and oxygen atoms in total. The molecule has 0 spiro atoms. The fourth-order valence-electron chi connectivity index (χ4n) is 4.24. The van der Waals surface area contributed by atoms with E-state index in [-0.39, 0.29) is 10.9 Å². The number of pyridine rings is 1. The molecule has 0 amide bonds. The van der Waals surface area contributed by atoms with E-state index in [0.717, 1.165) is 30.9 Å². The number of unbranched alkanes of at least 4 members (excludes halogenated alkanes) is 3. The maximum absolute atomic E-state index is 14.8. The Balaban J connectivity index is 1.46. The van der Waals surface area contributed by atoms with Crippen molar-refractivity contribution in [2.24, 2.45) is 5.92 Å². The van der Waals surface area contributed by atoms with Crippen LogP contribution in [0.2, 0.25) is 0 Å². The number of aromatic nitrogens is 1. The number of halogens is 6. The third kappa shape index (κ3) is 7.53. The van der Waals surface area contributed by atoms with Gasteiger partial charge in [-0.2, -0.15) is 13.2 Å². The third-order valence-electron chi connectivity index (χ3n) is 6.24. The molecule has 0 N–H and O–H groups in total. The van der Waals surface area contributed by atoms with Gasteiger partial charge in [0.05, 0.1) is 29.9 Å². The van der Waals surface area contributed by atoms with Gasteiger partial charge in [0.15, 0.2) is 5.82 Å². The van der Waals surface area contributed by atoms with E-state index in [1.807, 2.05) is 0 Å². The van der Waals surface area contributed by atoms with Crippen molar-refractivity contribution in [3.8, 4) is 34.9 Å². The molecular formula is C30H25F6NO2. The number of ether oxygens (including phenoxy) is 2. The summed E-state index contributed by atoms with van der Waals surface area (Å²) in [6.45, 7) is 3.36. The predicted molar refractivity (Wildman–Crippen MR) is 135 cm³/mol. The standard InChI is InChI=1S/C30H25F6NO2/c1-2-3-4-5-6-20-17-38-27(39-18-20)10-8-19-7-9-26(37-16-19)21-13-22-15-24(31)23(11-12-30(34,35)36)29(33)28(22)25(32)14-21/h7,9,13-16,20,27H,2-6,17-18H2,1H3. The van der Waals surface area contributed by atoms with Gasteiger partial charge in [0, 0.05) is 29.2 Å². The van der Waals surface area contributed by atoms with Gasteiger partial charge in [-0.3, -0.25) is 4.98 Å². The molecule has 0 atom stereocenters. The largest absolute Gasteiger partial charge is 0.458 e. The van der Waals surface area contributed by atoms with Crippen molar-refractivity contribution in [1.82, 2.24) is 4.98 Å². The second-order valence-electron chi connectivity index (χ2n) is 9.27.